The molecule has 5 nitrogen and oxygen atoms in total. The van der Waals surface area contributed by atoms with Crippen LogP contribution in [0.5, 0.6) is 5.75 Å². The highest BCUT2D eigenvalue weighted by Crippen LogP contribution is 2.51. The second-order valence-electron chi connectivity index (χ2n) is 4.99. The molecule has 0 spiro atoms. The minimum absolute atomic E-state index is 0.00135. The van der Waals surface area contributed by atoms with Crippen LogP contribution in [-0.4, -0.2) is 23.2 Å². The Labute approximate surface area is 119 Å². The zero-order valence-electron chi connectivity index (χ0n) is 11.4. The number of nitro benzene ring substituents is 1. The normalized spacial score (nSPS) is 16.4. The Hall–Kier alpha value is -1.99. The summed E-state index contributed by atoms with van der Waals surface area (Å²) in [5.74, 6) is -0.0233. The van der Waals surface area contributed by atoms with E-state index in [0.29, 0.717) is 6.42 Å². The van der Waals surface area contributed by atoms with Crippen molar-refractivity contribution >= 4 is 11.4 Å². The van der Waals surface area contributed by atoms with Crippen LogP contribution in [0.3, 0.4) is 0 Å². The highest BCUT2D eigenvalue weighted by molar-refractivity contribution is 5.59. The van der Waals surface area contributed by atoms with E-state index in [1.165, 1.54) is 12.1 Å². The Morgan fingerprint density at radius 2 is 2.10 bits per heavy atom. The van der Waals surface area contributed by atoms with E-state index in [0.717, 1.165) is 6.07 Å². The first kappa shape index (κ1) is 15.4. The van der Waals surface area contributed by atoms with E-state index in [-0.39, 0.29) is 36.6 Å². The Kier molecular flexibility index (Phi) is 3.97. The molecular formula is C13H15F3N2O3. The Balaban J connectivity index is 2.23. The molecule has 1 aromatic carbocycles. The molecule has 8 heteroatoms. The number of hydrogen-bond acceptors (Lipinski definition) is 4. The zero-order chi connectivity index (χ0) is 15.7. The number of rotatable bonds is 6. The molecule has 1 saturated carbocycles. The van der Waals surface area contributed by atoms with Gasteiger partial charge in [0, 0.05) is 17.8 Å². The maximum atomic E-state index is 12.9. The molecular weight excluding hydrogens is 289 g/mol. The molecule has 0 heterocycles. The summed E-state index contributed by atoms with van der Waals surface area (Å²) in [5.41, 5.74) is -2.00. The lowest BCUT2D eigenvalue weighted by Gasteiger charge is -2.22. The Morgan fingerprint density at radius 3 is 2.57 bits per heavy atom. The molecule has 0 aromatic heterocycles. The van der Waals surface area contributed by atoms with Crippen molar-refractivity contribution in [3.05, 3.63) is 28.3 Å². The summed E-state index contributed by atoms with van der Waals surface area (Å²) in [6.07, 6.45) is -3.71. The number of ether oxygens (including phenoxy) is 1. The maximum Gasteiger partial charge on any atom is 0.411 e. The average molecular weight is 304 g/mol. The molecule has 21 heavy (non-hydrogen) atoms. The van der Waals surface area contributed by atoms with Crippen molar-refractivity contribution in [2.24, 2.45) is 0 Å². The number of nitrogens with zero attached hydrogens (tertiary/aromatic N) is 1. The highest BCUT2D eigenvalue weighted by atomic mass is 19.4. The van der Waals surface area contributed by atoms with E-state index >= 15 is 0 Å². The van der Waals surface area contributed by atoms with Gasteiger partial charge in [-0.15, -0.1) is 0 Å². The van der Waals surface area contributed by atoms with Gasteiger partial charge in [0.05, 0.1) is 11.5 Å². The molecule has 116 valence electrons. The van der Waals surface area contributed by atoms with Gasteiger partial charge in [0.1, 0.15) is 5.54 Å². The first-order valence-corrected chi connectivity index (χ1v) is 6.55. The third kappa shape index (κ3) is 3.20. The monoisotopic (exact) mass is 304 g/mol. The second-order valence-corrected chi connectivity index (χ2v) is 4.99. The maximum absolute atomic E-state index is 12.9. The van der Waals surface area contributed by atoms with Gasteiger partial charge < -0.3 is 10.1 Å². The fraction of sp³-hybridized carbons (Fsp3) is 0.538. The molecule has 0 amide bonds. The number of nitro groups is 1. The Morgan fingerprint density at radius 1 is 1.43 bits per heavy atom. The Bertz CT molecular complexity index is 542. The molecule has 1 fully saturated rings. The van der Waals surface area contributed by atoms with Crippen LogP contribution in [0.2, 0.25) is 0 Å². The first-order valence-electron chi connectivity index (χ1n) is 6.55. The number of alkyl halides is 3. The van der Waals surface area contributed by atoms with E-state index in [4.69, 9.17) is 4.74 Å². The number of hydrogen-bond donors (Lipinski definition) is 1. The highest BCUT2D eigenvalue weighted by Gasteiger charge is 2.63. The number of halogens is 3. The molecule has 1 aliphatic carbocycles. The largest absolute Gasteiger partial charge is 0.487 e. The third-order valence-corrected chi connectivity index (χ3v) is 3.29. The van der Waals surface area contributed by atoms with Gasteiger partial charge in [-0.05, 0) is 25.3 Å². The lowest BCUT2D eigenvalue weighted by molar-refractivity contribution is -0.385. The minimum atomic E-state index is -4.35. The predicted molar refractivity (Wildman–Crippen MR) is 70.5 cm³/mol. The van der Waals surface area contributed by atoms with Crippen LogP contribution in [0.15, 0.2) is 18.2 Å². The quantitative estimate of drug-likeness (QED) is 0.639. The SMILES string of the molecule is CCCOc1cc(NC2(C(F)(F)F)CC2)ccc1[N+](=O)[O-]. The summed E-state index contributed by atoms with van der Waals surface area (Å²) in [6, 6.07) is 3.67. The van der Waals surface area contributed by atoms with E-state index in [2.05, 4.69) is 5.32 Å². The zero-order valence-corrected chi connectivity index (χ0v) is 11.4. The summed E-state index contributed by atoms with van der Waals surface area (Å²) in [4.78, 5) is 10.3. The van der Waals surface area contributed by atoms with Crippen LogP contribution < -0.4 is 10.1 Å². The topological polar surface area (TPSA) is 64.4 Å². The summed E-state index contributed by atoms with van der Waals surface area (Å²) in [6.45, 7) is 2.09. The van der Waals surface area contributed by atoms with Crippen molar-refractivity contribution in [1.82, 2.24) is 0 Å². The molecule has 0 unspecified atom stereocenters. The van der Waals surface area contributed by atoms with Gasteiger partial charge >= 0.3 is 11.9 Å². The number of nitrogens with one attached hydrogen (secondary N) is 1. The molecule has 0 atom stereocenters. The molecule has 0 radical (unpaired) electrons. The van der Waals surface area contributed by atoms with Crippen LogP contribution in [0.4, 0.5) is 24.5 Å². The van der Waals surface area contributed by atoms with E-state index < -0.39 is 16.6 Å². The number of benzene rings is 1. The van der Waals surface area contributed by atoms with Gasteiger partial charge in [-0.3, -0.25) is 10.1 Å². The smallest absolute Gasteiger partial charge is 0.411 e. The average Bonchev–Trinajstić information content (AvgIpc) is 3.16. The van der Waals surface area contributed by atoms with E-state index in [1.807, 2.05) is 6.92 Å². The summed E-state index contributed by atoms with van der Waals surface area (Å²) in [7, 11) is 0. The standard InChI is InChI=1S/C13H15F3N2O3/c1-2-7-21-11-8-9(3-4-10(11)18(19)20)17-12(5-6-12)13(14,15)16/h3-4,8,17H,2,5-7H2,1H3. The van der Waals surface area contributed by atoms with Gasteiger partial charge in [-0.2, -0.15) is 13.2 Å². The van der Waals surface area contributed by atoms with Crippen molar-refractivity contribution < 1.29 is 22.8 Å². The van der Waals surface area contributed by atoms with Crippen LogP contribution in [0, 0.1) is 10.1 Å². The predicted octanol–water partition coefficient (Wildman–Crippen LogP) is 3.89. The molecule has 2 rings (SSSR count). The summed E-state index contributed by atoms with van der Waals surface area (Å²) in [5, 5.41) is 13.3. The van der Waals surface area contributed by atoms with Gasteiger partial charge in [0.15, 0.2) is 5.75 Å². The van der Waals surface area contributed by atoms with Crippen molar-refractivity contribution in [2.45, 2.75) is 37.9 Å². The first-order chi connectivity index (χ1) is 9.79. The van der Waals surface area contributed by atoms with Crippen molar-refractivity contribution in [3.63, 3.8) is 0 Å². The third-order valence-electron chi connectivity index (χ3n) is 3.29. The van der Waals surface area contributed by atoms with Gasteiger partial charge in [0.25, 0.3) is 0 Å². The van der Waals surface area contributed by atoms with Crippen molar-refractivity contribution in [2.75, 3.05) is 11.9 Å². The lowest BCUT2D eigenvalue weighted by Crippen LogP contribution is -2.38. The summed E-state index contributed by atoms with van der Waals surface area (Å²) >= 11 is 0. The second kappa shape index (κ2) is 5.42. The molecule has 1 N–H and O–H groups in total. The number of anilines is 1. The van der Waals surface area contributed by atoms with Crippen LogP contribution >= 0.6 is 0 Å². The molecule has 1 aliphatic rings. The van der Waals surface area contributed by atoms with Crippen LogP contribution in [0.1, 0.15) is 26.2 Å². The molecule has 0 aliphatic heterocycles. The van der Waals surface area contributed by atoms with Gasteiger partial charge in [-0.1, -0.05) is 6.92 Å². The fourth-order valence-electron chi connectivity index (χ4n) is 1.95. The van der Waals surface area contributed by atoms with Crippen LogP contribution in [-0.2, 0) is 0 Å². The fourth-order valence-corrected chi connectivity index (χ4v) is 1.95. The molecule has 0 saturated heterocycles. The molecule has 0 bridgehead atoms. The molecule has 1 aromatic rings. The van der Waals surface area contributed by atoms with Gasteiger partial charge in [0.2, 0.25) is 0 Å². The summed E-state index contributed by atoms with van der Waals surface area (Å²) < 4.78 is 43.9. The van der Waals surface area contributed by atoms with Crippen LogP contribution in [0.25, 0.3) is 0 Å². The van der Waals surface area contributed by atoms with Gasteiger partial charge in [-0.25, -0.2) is 0 Å². The van der Waals surface area contributed by atoms with Crippen molar-refractivity contribution in [1.29, 1.82) is 0 Å². The van der Waals surface area contributed by atoms with E-state index in [1.54, 1.807) is 0 Å². The van der Waals surface area contributed by atoms with Crippen molar-refractivity contribution in [3.8, 4) is 5.75 Å². The lowest BCUT2D eigenvalue weighted by atomic mass is 10.2. The minimum Gasteiger partial charge on any atom is -0.487 e. The van der Waals surface area contributed by atoms with E-state index in [9.17, 15) is 23.3 Å².